The third kappa shape index (κ3) is 4.32. The van der Waals surface area contributed by atoms with E-state index in [1.807, 2.05) is 0 Å². The number of sulfonamides is 1. The molecule has 0 aliphatic carbocycles. The molecule has 0 saturated carbocycles. The molecule has 0 spiro atoms. The molecule has 0 radical (unpaired) electrons. The normalized spacial score (nSPS) is 11.1. The molecular formula is C19H13F3N2O3S. The summed E-state index contributed by atoms with van der Waals surface area (Å²) in [6.45, 7) is 0. The zero-order valence-electron chi connectivity index (χ0n) is 14.1. The lowest BCUT2D eigenvalue weighted by atomic mass is 10.2. The Bertz CT molecular complexity index is 1120. The number of carbonyl (C=O) groups excluding carboxylic acids is 1. The van der Waals surface area contributed by atoms with E-state index in [9.17, 15) is 26.4 Å². The van der Waals surface area contributed by atoms with Gasteiger partial charge in [0, 0.05) is 23.4 Å². The summed E-state index contributed by atoms with van der Waals surface area (Å²) >= 11 is 0. The van der Waals surface area contributed by atoms with E-state index in [4.69, 9.17) is 0 Å². The first-order valence-electron chi connectivity index (χ1n) is 7.90. The van der Waals surface area contributed by atoms with Crippen LogP contribution >= 0.6 is 0 Å². The van der Waals surface area contributed by atoms with Gasteiger partial charge in [0.1, 0.15) is 5.82 Å². The van der Waals surface area contributed by atoms with Gasteiger partial charge in [-0.15, -0.1) is 0 Å². The van der Waals surface area contributed by atoms with E-state index >= 15 is 0 Å². The van der Waals surface area contributed by atoms with Crippen molar-refractivity contribution in [3.05, 3.63) is 89.7 Å². The standard InChI is InChI=1S/C19H13F3N2O3S/c20-15-10-17(22)18(11-16(15)21)23-19(25)12-6-8-14(9-7-12)28(26,27)24-13-4-2-1-3-5-13/h1-11,24H,(H,23,25). The first-order chi connectivity index (χ1) is 13.3. The second kappa shape index (κ2) is 7.73. The molecule has 2 N–H and O–H groups in total. The zero-order valence-corrected chi connectivity index (χ0v) is 14.9. The van der Waals surface area contributed by atoms with Crippen LogP contribution in [0.2, 0.25) is 0 Å². The highest BCUT2D eigenvalue weighted by Gasteiger charge is 2.17. The summed E-state index contributed by atoms with van der Waals surface area (Å²) in [5.74, 6) is -4.65. The van der Waals surface area contributed by atoms with E-state index < -0.39 is 39.1 Å². The quantitative estimate of drug-likeness (QED) is 0.625. The number of rotatable bonds is 5. The fourth-order valence-electron chi connectivity index (χ4n) is 2.32. The molecule has 3 rings (SSSR count). The molecule has 0 bridgehead atoms. The summed E-state index contributed by atoms with van der Waals surface area (Å²) < 4.78 is 66.9. The summed E-state index contributed by atoms with van der Waals surface area (Å²) in [5, 5.41) is 2.11. The van der Waals surface area contributed by atoms with Gasteiger partial charge in [0.25, 0.3) is 15.9 Å². The van der Waals surface area contributed by atoms with E-state index in [0.717, 1.165) is 0 Å². The van der Waals surface area contributed by atoms with Crippen molar-refractivity contribution in [2.24, 2.45) is 0 Å². The van der Waals surface area contributed by atoms with Crippen molar-refractivity contribution in [1.82, 2.24) is 0 Å². The molecule has 1 amide bonds. The summed E-state index contributed by atoms with van der Waals surface area (Å²) in [5.41, 5.74) is -0.160. The Kier molecular flexibility index (Phi) is 5.36. The molecule has 3 aromatic carbocycles. The van der Waals surface area contributed by atoms with E-state index in [-0.39, 0.29) is 10.5 Å². The molecule has 0 aliphatic rings. The lowest BCUT2D eigenvalue weighted by Crippen LogP contribution is -2.15. The smallest absolute Gasteiger partial charge is 0.261 e. The molecule has 28 heavy (non-hydrogen) atoms. The molecule has 5 nitrogen and oxygen atoms in total. The van der Waals surface area contributed by atoms with Crippen molar-refractivity contribution >= 4 is 27.3 Å². The van der Waals surface area contributed by atoms with Crippen LogP contribution in [0.4, 0.5) is 24.5 Å². The van der Waals surface area contributed by atoms with E-state index in [2.05, 4.69) is 10.0 Å². The summed E-state index contributed by atoms with van der Waals surface area (Å²) in [4.78, 5) is 12.1. The van der Waals surface area contributed by atoms with Crippen LogP contribution in [0.5, 0.6) is 0 Å². The number of para-hydroxylation sites is 1. The number of anilines is 2. The lowest BCUT2D eigenvalue weighted by Gasteiger charge is -2.10. The van der Waals surface area contributed by atoms with Crippen molar-refractivity contribution in [3.8, 4) is 0 Å². The Morgan fingerprint density at radius 2 is 1.39 bits per heavy atom. The van der Waals surface area contributed by atoms with Gasteiger partial charge in [-0.25, -0.2) is 21.6 Å². The minimum absolute atomic E-state index is 0.00259. The second-order valence-corrected chi connectivity index (χ2v) is 7.38. The van der Waals surface area contributed by atoms with Crippen LogP contribution in [0.1, 0.15) is 10.4 Å². The average molecular weight is 406 g/mol. The fourth-order valence-corrected chi connectivity index (χ4v) is 3.38. The predicted molar refractivity (Wildman–Crippen MR) is 98.0 cm³/mol. The lowest BCUT2D eigenvalue weighted by molar-refractivity contribution is 0.102. The highest BCUT2D eigenvalue weighted by molar-refractivity contribution is 7.92. The highest BCUT2D eigenvalue weighted by atomic mass is 32.2. The van der Waals surface area contributed by atoms with Gasteiger partial charge in [0.2, 0.25) is 0 Å². The number of benzene rings is 3. The van der Waals surface area contributed by atoms with Crippen molar-refractivity contribution in [1.29, 1.82) is 0 Å². The molecule has 9 heteroatoms. The molecule has 0 heterocycles. The number of amides is 1. The SMILES string of the molecule is O=C(Nc1cc(F)c(F)cc1F)c1ccc(S(=O)(=O)Nc2ccccc2)cc1. The van der Waals surface area contributed by atoms with Crippen LogP contribution in [0, 0.1) is 17.5 Å². The zero-order chi connectivity index (χ0) is 20.3. The molecule has 0 aromatic heterocycles. The van der Waals surface area contributed by atoms with Crippen LogP contribution < -0.4 is 10.0 Å². The highest BCUT2D eigenvalue weighted by Crippen LogP contribution is 2.20. The van der Waals surface area contributed by atoms with Crippen LogP contribution in [0.25, 0.3) is 0 Å². The van der Waals surface area contributed by atoms with Gasteiger partial charge in [-0.3, -0.25) is 9.52 Å². The van der Waals surface area contributed by atoms with Crippen molar-refractivity contribution < 1.29 is 26.4 Å². The third-order valence-electron chi connectivity index (χ3n) is 3.71. The molecule has 3 aromatic rings. The molecule has 0 atom stereocenters. The van der Waals surface area contributed by atoms with Crippen molar-refractivity contribution in [3.63, 3.8) is 0 Å². The van der Waals surface area contributed by atoms with Crippen LogP contribution in [-0.4, -0.2) is 14.3 Å². The van der Waals surface area contributed by atoms with Crippen LogP contribution in [0.3, 0.4) is 0 Å². The molecule has 0 aliphatic heterocycles. The topological polar surface area (TPSA) is 75.3 Å². The predicted octanol–water partition coefficient (Wildman–Crippen LogP) is 4.16. The maximum absolute atomic E-state index is 13.6. The summed E-state index contributed by atoms with van der Waals surface area (Å²) in [6, 6.07) is 13.9. The maximum atomic E-state index is 13.6. The van der Waals surface area contributed by atoms with E-state index in [0.29, 0.717) is 17.8 Å². The van der Waals surface area contributed by atoms with E-state index in [1.165, 1.54) is 24.3 Å². The Balaban J connectivity index is 1.77. The second-order valence-electron chi connectivity index (χ2n) is 5.70. The summed E-state index contributed by atoms with van der Waals surface area (Å²) in [7, 11) is -3.86. The van der Waals surface area contributed by atoms with E-state index in [1.54, 1.807) is 30.3 Å². The molecule has 0 unspecified atom stereocenters. The van der Waals surface area contributed by atoms with Gasteiger partial charge < -0.3 is 5.32 Å². The number of nitrogens with one attached hydrogen (secondary N) is 2. The third-order valence-corrected chi connectivity index (χ3v) is 5.11. The first kappa shape index (κ1) is 19.4. The first-order valence-corrected chi connectivity index (χ1v) is 9.38. The number of halogens is 3. The molecule has 0 fully saturated rings. The van der Waals surface area contributed by atoms with Crippen molar-refractivity contribution in [2.75, 3.05) is 10.0 Å². The largest absolute Gasteiger partial charge is 0.319 e. The van der Waals surface area contributed by atoms with Gasteiger partial charge >= 0.3 is 0 Å². The van der Waals surface area contributed by atoms with Crippen LogP contribution in [0.15, 0.2) is 71.6 Å². The monoisotopic (exact) mass is 406 g/mol. The fraction of sp³-hybridized carbons (Fsp3) is 0. The molecular weight excluding hydrogens is 393 g/mol. The Morgan fingerprint density at radius 3 is 2.04 bits per heavy atom. The van der Waals surface area contributed by atoms with Gasteiger partial charge in [0.15, 0.2) is 11.6 Å². The minimum atomic E-state index is -3.86. The number of carbonyl (C=O) groups is 1. The Labute approximate surface area is 158 Å². The maximum Gasteiger partial charge on any atom is 0.261 e. The minimum Gasteiger partial charge on any atom is -0.319 e. The summed E-state index contributed by atoms with van der Waals surface area (Å²) in [6.07, 6.45) is 0. The molecule has 0 saturated heterocycles. The van der Waals surface area contributed by atoms with Gasteiger partial charge in [-0.2, -0.15) is 0 Å². The average Bonchev–Trinajstić information content (AvgIpc) is 2.66. The number of hydrogen-bond donors (Lipinski definition) is 2. The Morgan fingerprint density at radius 1 is 0.786 bits per heavy atom. The molecule has 144 valence electrons. The van der Waals surface area contributed by atoms with Crippen LogP contribution in [-0.2, 0) is 10.0 Å². The Hall–Kier alpha value is -3.33. The van der Waals surface area contributed by atoms with Gasteiger partial charge in [-0.1, -0.05) is 18.2 Å². The van der Waals surface area contributed by atoms with Gasteiger partial charge in [0.05, 0.1) is 10.6 Å². The van der Waals surface area contributed by atoms with Gasteiger partial charge in [-0.05, 0) is 36.4 Å². The number of hydrogen-bond acceptors (Lipinski definition) is 3. The van der Waals surface area contributed by atoms with Crippen molar-refractivity contribution in [2.45, 2.75) is 4.90 Å².